The summed E-state index contributed by atoms with van der Waals surface area (Å²) in [5.74, 6) is -0.695. The number of ether oxygens (including phenoxy) is 2. The van der Waals surface area contributed by atoms with Crippen LogP contribution in [0.5, 0.6) is 23.1 Å². The standard InChI is InChI=1S/C19H13NO6/c21-18(22)12-3-7-14(8-4-12)25-16-2-1-11-20-17(16)26-15-9-5-13(6-10-15)19(23)24/h1-11H,(H,21,22)(H,23,24). The van der Waals surface area contributed by atoms with Crippen LogP contribution in [0.2, 0.25) is 0 Å². The van der Waals surface area contributed by atoms with Gasteiger partial charge in [0.2, 0.25) is 0 Å². The third-order valence-electron chi connectivity index (χ3n) is 3.38. The van der Waals surface area contributed by atoms with Gasteiger partial charge < -0.3 is 19.7 Å². The molecule has 3 aromatic rings. The number of carboxylic acids is 2. The van der Waals surface area contributed by atoms with Crippen LogP contribution in [-0.4, -0.2) is 27.1 Å². The Morgan fingerprint density at radius 3 is 1.73 bits per heavy atom. The van der Waals surface area contributed by atoms with Crippen LogP contribution in [0.3, 0.4) is 0 Å². The summed E-state index contributed by atoms with van der Waals surface area (Å²) in [5, 5.41) is 17.8. The van der Waals surface area contributed by atoms with Crippen molar-refractivity contribution in [2.45, 2.75) is 0 Å². The quantitative estimate of drug-likeness (QED) is 0.689. The van der Waals surface area contributed by atoms with Crippen LogP contribution in [-0.2, 0) is 0 Å². The zero-order valence-electron chi connectivity index (χ0n) is 13.3. The van der Waals surface area contributed by atoms with Gasteiger partial charge in [-0.05, 0) is 60.7 Å². The number of hydrogen-bond acceptors (Lipinski definition) is 5. The minimum absolute atomic E-state index is 0.147. The molecule has 0 radical (unpaired) electrons. The van der Waals surface area contributed by atoms with Gasteiger partial charge in [-0.1, -0.05) is 0 Å². The van der Waals surface area contributed by atoms with Crippen LogP contribution in [0, 0.1) is 0 Å². The van der Waals surface area contributed by atoms with Gasteiger partial charge in [0.05, 0.1) is 11.1 Å². The molecule has 7 nitrogen and oxygen atoms in total. The maximum Gasteiger partial charge on any atom is 0.335 e. The molecule has 0 saturated heterocycles. The first-order chi connectivity index (χ1) is 12.5. The van der Waals surface area contributed by atoms with Crippen molar-refractivity contribution in [3.05, 3.63) is 78.0 Å². The van der Waals surface area contributed by atoms with E-state index in [-0.39, 0.29) is 17.0 Å². The molecule has 0 aliphatic heterocycles. The van der Waals surface area contributed by atoms with Gasteiger partial charge in [-0.25, -0.2) is 14.6 Å². The molecule has 0 aliphatic rings. The Morgan fingerprint density at radius 1 is 0.731 bits per heavy atom. The van der Waals surface area contributed by atoms with E-state index in [1.807, 2.05) is 0 Å². The summed E-state index contributed by atoms with van der Waals surface area (Å²) in [6.45, 7) is 0. The van der Waals surface area contributed by atoms with Crippen molar-refractivity contribution in [3.63, 3.8) is 0 Å². The fraction of sp³-hybridized carbons (Fsp3) is 0. The van der Waals surface area contributed by atoms with E-state index < -0.39 is 11.9 Å². The molecule has 0 saturated carbocycles. The zero-order chi connectivity index (χ0) is 18.5. The number of rotatable bonds is 6. The minimum Gasteiger partial charge on any atom is -0.478 e. The van der Waals surface area contributed by atoms with Gasteiger partial charge in [-0.3, -0.25) is 0 Å². The number of pyridine rings is 1. The molecule has 0 aliphatic carbocycles. The highest BCUT2D eigenvalue weighted by molar-refractivity contribution is 5.88. The molecule has 0 bridgehead atoms. The molecule has 1 aromatic heterocycles. The maximum atomic E-state index is 10.9. The predicted octanol–water partition coefficient (Wildman–Crippen LogP) is 4.06. The lowest BCUT2D eigenvalue weighted by Gasteiger charge is -2.11. The number of nitrogens with zero attached hydrogens (tertiary/aromatic N) is 1. The third-order valence-corrected chi connectivity index (χ3v) is 3.38. The Bertz CT molecular complexity index is 857. The van der Waals surface area contributed by atoms with Gasteiger partial charge >= 0.3 is 11.9 Å². The Labute approximate surface area is 148 Å². The average molecular weight is 351 g/mol. The van der Waals surface area contributed by atoms with Gasteiger partial charge in [0.15, 0.2) is 5.75 Å². The van der Waals surface area contributed by atoms with Gasteiger partial charge in [-0.15, -0.1) is 0 Å². The van der Waals surface area contributed by atoms with Crippen molar-refractivity contribution in [3.8, 4) is 23.1 Å². The zero-order valence-corrected chi connectivity index (χ0v) is 13.3. The van der Waals surface area contributed by atoms with E-state index in [2.05, 4.69) is 4.98 Å². The number of carbonyl (C=O) groups is 2. The number of carboxylic acid groups (broad SMARTS) is 2. The fourth-order valence-corrected chi connectivity index (χ4v) is 2.10. The molecule has 26 heavy (non-hydrogen) atoms. The first-order valence-electron chi connectivity index (χ1n) is 7.50. The summed E-state index contributed by atoms with van der Waals surface area (Å²) in [7, 11) is 0. The Kier molecular flexibility index (Phi) is 4.80. The topological polar surface area (TPSA) is 106 Å². The van der Waals surface area contributed by atoms with Crippen molar-refractivity contribution in [1.82, 2.24) is 4.98 Å². The van der Waals surface area contributed by atoms with Crippen LogP contribution in [0.15, 0.2) is 66.9 Å². The molecule has 130 valence electrons. The second-order valence-electron chi connectivity index (χ2n) is 5.17. The van der Waals surface area contributed by atoms with Crippen molar-refractivity contribution < 1.29 is 29.3 Å². The molecule has 3 rings (SSSR count). The molecule has 2 aromatic carbocycles. The number of aromatic carboxylic acids is 2. The van der Waals surface area contributed by atoms with E-state index in [4.69, 9.17) is 19.7 Å². The number of hydrogen-bond donors (Lipinski definition) is 2. The van der Waals surface area contributed by atoms with E-state index in [1.165, 1.54) is 54.7 Å². The summed E-state index contributed by atoms with van der Waals surface area (Å²) in [4.78, 5) is 25.9. The Balaban J connectivity index is 1.79. The Hall–Kier alpha value is -3.87. The largest absolute Gasteiger partial charge is 0.478 e. The van der Waals surface area contributed by atoms with Crippen LogP contribution in [0.25, 0.3) is 0 Å². The predicted molar refractivity (Wildman–Crippen MR) is 91.2 cm³/mol. The maximum absolute atomic E-state index is 10.9. The van der Waals surface area contributed by atoms with Gasteiger partial charge in [0.25, 0.3) is 5.88 Å². The smallest absolute Gasteiger partial charge is 0.335 e. The highest BCUT2D eigenvalue weighted by Crippen LogP contribution is 2.32. The molecular weight excluding hydrogens is 338 g/mol. The molecular formula is C19H13NO6. The van der Waals surface area contributed by atoms with Crippen molar-refractivity contribution in [2.24, 2.45) is 0 Å². The molecule has 0 spiro atoms. The molecule has 0 amide bonds. The van der Waals surface area contributed by atoms with Crippen LogP contribution >= 0.6 is 0 Å². The normalized spacial score (nSPS) is 10.2. The molecule has 7 heteroatoms. The lowest BCUT2D eigenvalue weighted by molar-refractivity contribution is 0.0686. The van der Waals surface area contributed by atoms with Gasteiger partial charge in [0.1, 0.15) is 11.5 Å². The monoisotopic (exact) mass is 351 g/mol. The van der Waals surface area contributed by atoms with Gasteiger partial charge in [-0.2, -0.15) is 0 Å². The van der Waals surface area contributed by atoms with Crippen LogP contribution in [0.4, 0.5) is 0 Å². The number of aromatic nitrogens is 1. The van der Waals surface area contributed by atoms with E-state index in [9.17, 15) is 9.59 Å². The highest BCUT2D eigenvalue weighted by atomic mass is 16.5. The summed E-state index contributed by atoms with van der Waals surface area (Å²) in [6, 6.07) is 15.1. The van der Waals surface area contributed by atoms with E-state index in [0.29, 0.717) is 17.2 Å². The first kappa shape index (κ1) is 17.0. The highest BCUT2D eigenvalue weighted by Gasteiger charge is 2.10. The molecule has 0 unspecified atom stereocenters. The second-order valence-corrected chi connectivity index (χ2v) is 5.17. The lowest BCUT2D eigenvalue weighted by atomic mass is 10.2. The summed E-state index contributed by atoms with van der Waals surface area (Å²) < 4.78 is 11.4. The summed E-state index contributed by atoms with van der Waals surface area (Å²) in [6.07, 6.45) is 1.53. The lowest BCUT2D eigenvalue weighted by Crippen LogP contribution is -1.97. The fourth-order valence-electron chi connectivity index (χ4n) is 2.10. The third kappa shape index (κ3) is 3.96. The summed E-state index contributed by atoms with van der Waals surface area (Å²) in [5.41, 5.74) is 0.298. The van der Waals surface area contributed by atoms with Gasteiger partial charge in [0, 0.05) is 6.20 Å². The van der Waals surface area contributed by atoms with E-state index >= 15 is 0 Å². The van der Waals surface area contributed by atoms with Crippen molar-refractivity contribution in [1.29, 1.82) is 0 Å². The molecule has 1 heterocycles. The molecule has 2 N–H and O–H groups in total. The number of benzene rings is 2. The van der Waals surface area contributed by atoms with E-state index in [1.54, 1.807) is 12.1 Å². The van der Waals surface area contributed by atoms with Crippen LogP contribution in [0.1, 0.15) is 20.7 Å². The first-order valence-corrected chi connectivity index (χ1v) is 7.50. The average Bonchev–Trinajstić information content (AvgIpc) is 2.64. The van der Waals surface area contributed by atoms with Crippen LogP contribution < -0.4 is 9.47 Å². The second kappa shape index (κ2) is 7.35. The molecule has 0 atom stereocenters. The SMILES string of the molecule is O=C(O)c1ccc(Oc2cccnc2Oc2ccc(C(=O)O)cc2)cc1. The van der Waals surface area contributed by atoms with E-state index in [0.717, 1.165) is 0 Å². The van der Waals surface area contributed by atoms with Crippen molar-refractivity contribution >= 4 is 11.9 Å². The summed E-state index contributed by atoms with van der Waals surface area (Å²) >= 11 is 0. The molecule has 0 fully saturated rings. The van der Waals surface area contributed by atoms with Crippen molar-refractivity contribution in [2.75, 3.05) is 0 Å². The Morgan fingerprint density at radius 2 is 1.23 bits per heavy atom. The minimum atomic E-state index is -1.02.